The van der Waals surface area contributed by atoms with Gasteiger partial charge in [0.1, 0.15) is 0 Å². The van der Waals surface area contributed by atoms with E-state index in [1.54, 1.807) is 22.7 Å². The van der Waals surface area contributed by atoms with Crippen molar-refractivity contribution in [2.24, 2.45) is 0 Å². The number of amides is 1. The van der Waals surface area contributed by atoms with Crippen molar-refractivity contribution in [2.45, 2.75) is 25.8 Å². The summed E-state index contributed by atoms with van der Waals surface area (Å²) < 4.78 is 0. The average molecular weight is 308 g/mol. The standard InChI is InChI=1S/C15H20N2OS2/c1-2-7-16-15(18)11-17-13(14-6-4-9-20-14)10-12-5-3-8-19-12/h3-6,8-9,13,17H,2,7,10-11H2,1H3,(H,16,18). The van der Waals surface area contributed by atoms with E-state index in [0.29, 0.717) is 6.54 Å². The van der Waals surface area contributed by atoms with Gasteiger partial charge >= 0.3 is 0 Å². The molecule has 0 aromatic carbocycles. The zero-order valence-corrected chi connectivity index (χ0v) is 13.2. The van der Waals surface area contributed by atoms with E-state index in [4.69, 9.17) is 0 Å². The molecule has 108 valence electrons. The molecule has 1 amide bonds. The minimum absolute atomic E-state index is 0.0691. The molecule has 2 N–H and O–H groups in total. The van der Waals surface area contributed by atoms with E-state index in [-0.39, 0.29) is 11.9 Å². The Bertz CT molecular complexity index is 494. The van der Waals surface area contributed by atoms with Gasteiger partial charge < -0.3 is 10.6 Å². The third-order valence-electron chi connectivity index (χ3n) is 2.95. The van der Waals surface area contributed by atoms with E-state index in [0.717, 1.165) is 19.4 Å². The van der Waals surface area contributed by atoms with Crippen LogP contribution in [-0.2, 0) is 11.2 Å². The summed E-state index contributed by atoms with van der Waals surface area (Å²) in [4.78, 5) is 14.3. The lowest BCUT2D eigenvalue weighted by molar-refractivity contribution is -0.120. The normalized spacial score (nSPS) is 12.2. The SMILES string of the molecule is CCCNC(=O)CNC(Cc1cccs1)c1cccs1. The summed E-state index contributed by atoms with van der Waals surface area (Å²) in [5.41, 5.74) is 0. The van der Waals surface area contributed by atoms with E-state index in [9.17, 15) is 4.79 Å². The molecule has 2 rings (SSSR count). The fraction of sp³-hybridized carbons (Fsp3) is 0.400. The summed E-state index contributed by atoms with van der Waals surface area (Å²) in [5.74, 6) is 0.0691. The molecule has 1 unspecified atom stereocenters. The zero-order valence-electron chi connectivity index (χ0n) is 11.6. The van der Waals surface area contributed by atoms with Crippen LogP contribution in [0.4, 0.5) is 0 Å². The van der Waals surface area contributed by atoms with Gasteiger partial charge in [0.2, 0.25) is 5.91 Å². The van der Waals surface area contributed by atoms with Crippen molar-refractivity contribution in [3.05, 3.63) is 44.8 Å². The van der Waals surface area contributed by atoms with Crippen LogP contribution in [0, 0.1) is 0 Å². The van der Waals surface area contributed by atoms with Crippen LogP contribution in [0.5, 0.6) is 0 Å². The first-order valence-electron chi connectivity index (χ1n) is 6.85. The Kier molecular flexibility index (Phi) is 6.24. The van der Waals surface area contributed by atoms with Gasteiger partial charge in [0.05, 0.1) is 6.54 Å². The number of carbonyl (C=O) groups is 1. The summed E-state index contributed by atoms with van der Waals surface area (Å²) in [7, 11) is 0. The van der Waals surface area contributed by atoms with E-state index < -0.39 is 0 Å². The van der Waals surface area contributed by atoms with Crippen LogP contribution in [0.25, 0.3) is 0 Å². The molecule has 2 heterocycles. The van der Waals surface area contributed by atoms with Crippen molar-refractivity contribution in [1.29, 1.82) is 0 Å². The molecule has 20 heavy (non-hydrogen) atoms. The molecule has 2 aromatic heterocycles. The molecular weight excluding hydrogens is 288 g/mol. The Balaban J connectivity index is 1.91. The van der Waals surface area contributed by atoms with Gasteiger partial charge in [0.25, 0.3) is 0 Å². The molecule has 1 atom stereocenters. The summed E-state index contributed by atoms with van der Waals surface area (Å²) >= 11 is 3.49. The van der Waals surface area contributed by atoms with Crippen LogP contribution in [-0.4, -0.2) is 19.0 Å². The molecule has 0 saturated heterocycles. The molecule has 0 aliphatic carbocycles. The van der Waals surface area contributed by atoms with Crippen molar-refractivity contribution in [2.75, 3.05) is 13.1 Å². The Hall–Kier alpha value is -1.17. The van der Waals surface area contributed by atoms with Crippen molar-refractivity contribution < 1.29 is 4.79 Å². The molecule has 0 bridgehead atoms. The van der Waals surface area contributed by atoms with Crippen molar-refractivity contribution in [3.63, 3.8) is 0 Å². The molecule has 0 aliphatic heterocycles. The molecule has 0 spiro atoms. The molecule has 5 heteroatoms. The highest BCUT2D eigenvalue weighted by Gasteiger charge is 2.14. The Labute approximate surface area is 128 Å². The second-order valence-corrected chi connectivity index (χ2v) is 6.59. The second-order valence-electron chi connectivity index (χ2n) is 4.58. The zero-order chi connectivity index (χ0) is 14.2. The smallest absolute Gasteiger partial charge is 0.233 e. The molecule has 0 aliphatic rings. The monoisotopic (exact) mass is 308 g/mol. The van der Waals surface area contributed by atoms with Gasteiger partial charge in [-0.1, -0.05) is 19.1 Å². The van der Waals surface area contributed by atoms with Gasteiger partial charge in [0.15, 0.2) is 0 Å². The number of rotatable bonds is 8. The minimum Gasteiger partial charge on any atom is -0.355 e. The summed E-state index contributed by atoms with van der Waals surface area (Å²) in [6.07, 6.45) is 1.90. The fourth-order valence-corrected chi connectivity index (χ4v) is 3.49. The summed E-state index contributed by atoms with van der Waals surface area (Å²) in [5, 5.41) is 10.4. The third-order valence-corrected chi connectivity index (χ3v) is 4.84. The first kappa shape index (κ1) is 15.2. The van der Waals surface area contributed by atoms with Gasteiger partial charge in [-0.3, -0.25) is 4.79 Å². The van der Waals surface area contributed by atoms with Gasteiger partial charge in [-0.25, -0.2) is 0 Å². The quantitative estimate of drug-likeness (QED) is 0.786. The lowest BCUT2D eigenvalue weighted by atomic mass is 10.1. The highest BCUT2D eigenvalue weighted by molar-refractivity contribution is 7.10. The molecular formula is C15H20N2OS2. The predicted molar refractivity (Wildman–Crippen MR) is 86.4 cm³/mol. The van der Waals surface area contributed by atoms with Gasteiger partial charge in [0, 0.05) is 28.8 Å². The lowest BCUT2D eigenvalue weighted by Gasteiger charge is -2.16. The number of thiophene rings is 2. The molecule has 0 fully saturated rings. The second kappa shape index (κ2) is 8.19. The highest BCUT2D eigenvalue weighted by atomic mass is 32.1. The van der Waals surface area contributed by atoms with Crippen LogP contribution < -0.4 is 10.6 Å². The number of nitrogens with one attached hydrogen (secondary N) is 2. The Morgan fingerprint density at radius 3 is 2.70 bits per heavy atom. The first-order valence-corrected chi connectivity index (χ1v) is 8.61. The number of carbonyl (C=O) groups excluding carboxylic acids is 1. The largest absolute Gasteiger partial charge is 0.355 e. The fourth-order valence-electron chi connectivity index (χ4n) is 1.94. The summed E-state index contributed by atoms with van der Waals surface area (Å²) in [6, 6.07) is 8.60. The maximum Gasteiger partial charge on any atom is 0.233 e. The van der Waals surface area contributed by atoms with Gasteiger partial charge in [-0.2, -0.15) is 0 Å². The van der Waals surface area contributed by atoms with Gasteiger partial charge in [-0.05, 0) is 29.3 Å². The maximum absolute atomic E-state index is 11.7. The Morgan fingerprint density at radius 2 is 2.05 bits per heavy atom. The van der Waals surface area contributed by atoms with Crippen LogP contribution in [0.15, 0.2) is 35.0 Å². The van der Waals surface area contributed by atoms with E-state index >= 15 is 0 Å². The van der Waals surface area contributed by atoms with E-state index in [2.05, 4.69) is 52.6 Å². The maximum atomic E-state index is 11.7. The van der Waals surface area contributed by atoms with E-state index in [1.807, 2.05) is 0 Å². The number of hydrogen-bond donors (Lipinski definition) is 2. The number of hydrogen-bond acceptors (Lipinski definition) is 4. The topological polar surface area (TPSA) is 41.1 Å². The third kappa shape index (κ3) is 4.74. The predicted octanol–water partition coefficient (Wildman–Crippen LogP) is 3.21. The molecule has 2 aromatic rings. The average Bonchev–Trinajstić information content (AvgIpc) is 3.13. The van der Waals surface area contributed by atoms with Crippen molar-refractivity contribution in [3.8, 4) is 0 Å². The highest BCUT2D eigenvalue weighted by Crippen LogP contribution is 2.24. The molecule has 3 nitrogen and oxygen atoms in total. The minimum atomic E-state index is 0.0691. The van der Waals surface area contributed by atoms with E-state index in [1.165, 1.54) is 9.75 Å². The van der Waals surface area contributed by atoms with Crippen LogP contribution in [0.2, 0.25) is 0 Å². The summed E-state index contributed by atoms with van der Waals surface area (Å²) in [6.45, 7) is 3.17. The van der Waals surface area contributed by atoms with Crippen molar-refractivity contribution >= 4 is 28.6 Å². The van der Waals surface area contributed by atoms with Crippen LogP contribution in [0.1, 0.15) is 29.1 Å². The van der Waals surface area contributed by atoms with Crippen molar-refractivity contribution in [1.82, 2.24) is 10.6 Å². The van der Waals surface area contributed by atoms with Crippen LogP contribution in [0.3, 0.4) is 0 Å². The van der Waals surface area contributed by atoms with Crippen LogP contribution >= 0.6 is 22.7 Å². The lowest BCUT2D eigenvalue weighted by Crippen LogP contribution is -2.36. The Morgan fingerprint density at radius 1 is 1.25 bits per heavy atom. The van der Waals surface area contributed by atoms with Gasteiger partial charge in [-0.15, -0.1) is 22.7 Å². The molecule has 0 saturated carbocycles. The molecule has 0 radical (unpaired) electrons. The first-order chi connectivity index (χ1) is 9.79.